The zero-order valence-electron chi connectivity index (χ0n) is 11.0. The van der Waals surface area contributed by atoms with Gasteiger partial charge in [0, 0.05) is 29.1 Å². The monoisotopic (exact) mass is 270 g/mol. The van der Waals surface area contributed by atoms with E-state index in [1.165, 1.54) is 12.1 Å². The Kier molecular flexibility index (Phi) is 4.12. The Bertz CT molecular complexity index is 525. The van der Waals surface area contributed by atoms with Gasteiger partial charge in [0.15, 0.2) is 0 Å². The predicted molar refractivity (Wildman–Crippen MR) is 81.6 cm³/mol. The minimum absolute atomic E-state index is 0.848. The third-order valence-corrected chi connectivity index (χ3v) is 4.67. The van der Waals surface area contributed by atoms with Gasteiger partial charge in [0.05, 0.1) is 12.4 Å². The van der Waals surface area contributed by atoms with Crippen LogP contribution in [0.4, 0.5) is 0 Å². The summed E-state index contributed by atoms with van der Waals surface area (Å²) in [6.45, 7) is 3.07. The van der Waals surface area contributed by atoms with Crippen LogP contribution in [0.25, 0.3) is 0 Å². The summed E-state index contributed by atoms with van der Waals surface area (Å²) in [7, 11) is 0. The van der Waals surface area contributed by atoms with E-state index in [9.17, 15) is 0 Å². The molecule has 98 valence electrons. The molecule has 0 amide bonds. The maximum atomic E-state index is 3.46. The van der Waals surface area contributed by atoms with Crippen LogP contribution in [0.2, 0.25) is 0 Å². The van der Waals surface area contributed by atoms with Gasteiger partial charge >= 0.3 is 0 Å². The molecule has 2 aliphatic heterocycles. The average molecular weight is 270 g/mol. The summed E-state index contributed by atoms with van der Waals surface area (Å²) in [4.78, 5) is 4.01. The number of thioether (sulfide) groups is 1. The topological polar surface area (TPSA) is 15.3 Å². The predicted octanol–water partition coefficient (Wildman–Crippen LogP) is 2.64. The van der Waals surface area contributed by atoms with Gasteiger partial charge in [-0.1, -0.05) is 30.0 Å². The van der Waals surface area contributed by atoms with Crippen LogP contribution in [0.3, 0.4) is 0 Å². The molecule has 0 bridgehead atoms. The largest absolute Gasteiger partial charge is 0.353 e. The third-order valence-electron chi connectivity index (χ3n) is 3.44. The van der Waals surface area contributed by atoms with Crippen LogP contribution in [0.5, 0.6) is 0 Å². The Balaban J connectivity index is 1.65. The van der Waals surface area contributed by atoms with E-state index in [1.807, 2.05) is 30.0 Å². The summed E-state index contributed by atoms with van der Waals surface area (Å²) in [5.74, 6) is 7.63. The van der Waals surface area contributed by atoms with Gasteiger partial charge in [-0.15, -0.1) is 11.8 Å². The molecule has 2 nitrogen and oxygen atoms in total. The normalized spacial score (nSPS) is 18.6. The number of hydrogen-bond acceptors (Lipinski definition) is 3. The first-order valence-electron chi connectivity index (χ1n) is 6.78. The summed E-state index contributed by atoms with van der Waals surface area (Å²) >= 11 is 1.99. The molecule has 0 saturated heterocycles. The molecule has 1 aromatic carbocycles. The molecule has 1 N–H and O–H groups in total. The second-order valence-corrected chi connectivity index (χ2v) is 5.80. The van der Waals surface area contributed by atoms with Gasteiger partial charge in [-0.05, 0) is 25.1 Å². The summed E-state index contributed by atoms with van der Waals surface area (Å²) in [6.07, 6.45) is 2.33. The van der Waals surface area contributed by atoms with E-state index in [0.717, 1.165) is 37.5 Å². The third kappa shape index (κ3) is 3.15. The van der Waals surface area contributed by atoms with Crippen molar-refractivity contribution in [1.82, 2.24) is 10.2 Å². The van der Waals surface area contributed by atoms with Crippen LogP contribution in [-0.2, 0) is 0 Å². The Morgan fingerprint density at radius 1 is 1.16 bits per heavy atom. The fourth-order valence-electron chi connectivity index (χ4n) is 2.44. The van der Waals surface area contributed by atoms with E-state index in [0.29, 0.717) is 0 Å². The maximum Gasteiger partial charge on any atom is 0.0804 e. The Hall–Kier alpha value is -1.37. The van der Waals surface area contributed by atoms with Gasteiger partial charge in [-0.25, -0.2) is 0 Å². The summed E-state index contributed by atoms with van der Waals surface area (Å²) < 4.78 is 0. The van der Waals surface area contributed by atoms with Crippen LogP contribution in [0, 0.1) is 11.8 Å². The standard InChI is InChI=1S/C16H18N2S/c1-2-5-14(6-3-1)7-4-12-18-13-19-16-9-11-17-10-8-15(16)18/h1-3,5-6,17H,8-13H2. The van der Waals surface area contributed by atoms with Crippen LogP contribution < -0.4 is 5.32 Å². The lowest BCUT2D eigenvalue weighted by Crippen LogP contribution is -2.22. The van der Waals surface area contributed by atoms with Crippen molar-refractivity contribution in [2.75, 3.05) is 25.5 Å². The summed E-state index contributed by atoms with van der Waals surface area (Å²) in [6, 6.07) is 10.2. The van der Waals surface area contributed by atoms with Gasteiger partial charge in [-0.3, -0.25) is 0 Å². The van der Waals surface area contributed by atoms with Crippen molar-refractivity contribution in [1.29, 1.82) is 0 Å². The first-order chi connectivity index (χ1) is 9.43. The molecule has 19 heavy (non-hydrogen) atoms. The lowest BCUT2D eigenvalue weighted by atomic mass is 10.2. The molecule has 2 aliphatic rings. The SMILES string of the molecule is C(#Cc1ccccc1)CN1CSC2=C1CCNCC2. The van der Waals surface area contributed by atoms with Gasteiger partial charge in [0.1, 0.15) is 0 Å². The zero-order chi connectivity index (χ0) is 12.9. The molecular formula is C16H18N2S. The molecule has 0 atom stereocenters. The van der Waals surface area contributed by atoms with Gasteiger partial charge in [0.25, 0.3) is 0 Å². The first-order valence-corrected chi connectivity index (χ1v) is 7.76. The number of rotatable bonds is 1. The summed E-state index contributed by atoms with van der Waals surface area (Å²) in [5, 5.41) is 3.46. The van der Waals surface area contributed by atoms with E-state index >= 15 is 0 Å². The molecular weight excluding hydrogens is 252 g/mol. The highest BCUT2D eigenvalue weighted by Crippen LogP contribution is 2.36. The molecule has 0 fully saturated rings. The Morgan fingerprint density at radius 3 is 2.89 bits per heavy atom. The number of nitrogens with one attached hydrogen (secondary N) is 1. The quantitative estimate of drug-likeness (QED) is 0.790. The molecule has 0 aliphatic carbocycles. The molecule has 0 aromatic heterocycles. The molecule has 0 spiro atoms. The Morgan fingerprint density at radius 2 is 2.00 bits per heavy atom. The summed E-state index contributed by atoms with van der Waals surface area (Å²) in [5.41, 5.74) is 2.63. The first kappa shape index (κ1) is 12.7. The molecule has 1 aromatic rings. The van der Waals surface area contributed by atoms with Crippen molar-refractivity contribution in [3.8, 4) is 11.8 Å². The lowest BCUT2D eigenvalue weighted by molar-refractivity contribution is 0.440. The smallest absolute Gasteiger partial charge is 0.0804 e. The van der Waals surface area contributed by atoms with Crippen LogP contribution in [0.1, 0.15) is 18.4 Å². The van der Waals surface area contributed by atoms with E-state index in [-0.39, 0.29) is 0 Å². The zero-order valence-corrected chi connectivity index (χ0v) is 11.8. The highest BCUT2D eigenvalue weighted by Gasteiger charge is 2.23. The molecule has 0 radical (unpaired) electrons. The van der Waals surface area contributed by atoms with Crippen molar-refractivity contribution in [2.45, 2.75) is 12.8 Å². The number of nitrogens with zero attached hydrogens (tertiary/aromatic N) is 1. The van der Waals surface area contributed by atoms with Gasteiger partial charge in [0.2, 0.25) is 0 Å². The second kappa shape index (κ2) is 6.18. The molecule has 3 rings (SSSR count). The van der Waals surface area contributed by atoms with Gasteiger partial charge < -0.3 is 10.2 Å². The highest BCUT2D eigenvalue weighted by atomic mass is 32.2. The van der Waals surface area contributed by atoms with Crippen molar-refractivity contribution >= 4 is 11.8 Å². The number of benzene rings is 1. The molecule has 0 saturated carbocycles. The molecule has 0 unspecified atom stereocenters. The highest BCUT2D eigenvalue weighted by molar-refractivity contribution is 8.03. The minimum atomic E-state index is 0.848. The molecule has 3 heteroatoms. The second-order valence-electron chi connectivity index (χ2n) is 4.76. The fourth-order valence-corrected chi connectivity index (χ4v) is 3.64. The van der Waals surface area contributed by atoms with E-state index in [1.54, 1.807) is 4.91 Å². The van der Waals surface area contributed by atoms with Crippen molar-refractivity contribution in [3.05, 3.63) is 46.5 Å². The van der Waals surface area contributed by atoms with Crippen LogP contribution >= 0.6 is 11.8 Å². The molecule has 2 heterocycles. The van der Waals surface area contributed by atoms with Crippen molar-refractivity contribution < 1.29 is 0 Å². The van der Waals surface area contributed by atoms with E-state index < -0.39 is 0 Å². The minimum Gasteiger partial charge on any atom is -0.353 e. The van der Waals surface area contributed by atoms with E-state index in [4.69, 9.17) is 0 Å². The van der Waals surface area contributed by atoms with Crippen LogP contribution in [0.15, 0.2) is 40.9 Å². The van der Waals surface area contributed by atoms with Crippen molar-refractivity contribution in [2.24, 2.45) is 0 Å². The maximum absolute atomic E-state index is 3.46. The van der Waals surface area contributed by atoms with Crippen LogP contribution in [-0.4, -0.2) is 30.4 Å². The fraction of sp³-hybridized carbons (Fsp3) is 0.375. The van der Waals surface area contributed by atoms with Gasteiger partial charge in [-0.2, -0.15) is 0 Å². The van der Waals surface area contributed by atoms with E-state index in [2.05, 4.69) is 34.2 Å². The lowest BCUT2D eigenvalue weighted by Gasteiger charge is -2.18. The van der Waals surface area contributed by atoms with Crippen molar-refractivity contribution in [3.63, 3.8) is 0 Å². The average Bonchev–Trinajstić information content (AvgIpc) is 2.69. The Labute approximate surface area is 119 Å². The number of hydrogen-bond donors (Lipinski definition) is 1.